The number of aliphatic hydroxyl groups is 2. The molecule has 7 heteroatoms. The van der Waals surface area contributed by atoms with Gasteiger partial charge in [-0.25, -0.2) is 4.98 Å². The van der Waals surface area contributed by atoms with Gasteiger partial charge < -0.3 is 20.8 Å². The zero-order chi connectivity index (χ0) is 13.8. The molecule has 0 fully saturated rings. The zero-order valence-electron chi connectivity index (χ0n) is 10.3. The summed E-state index contributed by atoms with van der Waals surface area (Å²) < 4.78 is 0. The van der Waals surface area contributed by atoms with Crippen molar-refractivity contribution < 1.29 is 10.2 Å². The van der Waals surface area contributed by atoms with Crippen molar-refractivity contribution in [1.82, 2.24) is 9.97 Å². The van der Waals surface area contributed by atoms with E-state index in [1.807, 2.05) is 0 Å². The SMILES string of the molecule is Nc1ccc2nc(N(CCO)CCO)[nH]c(=O)c2c1. The second kappa shape index (κ2) is 5.68. The minimum absolute atomic E-state index is 0.0938. The van der Waals surface area contributed by atoms with Crippen LogP contribution in [0, 0.1) is 0 Å². The normalized spacial score (nSPS) is 10.8. The highest BCUT2D eigenvalue weighted by atomic mass is 16.3. The summed E-state index contributed by atoms with van der Waals surface area (Å²) in [6, 6.07) is 4.90. The molecule has 2 aromatic rings. The first-order valence-electron chi connectivity index (χ1n) is 5.92. The van der Waals surface area contributed by atoms with E-state index in [9.17, 15) is 4.79 Å². The summed E-state index contributed by atoms with van der Waals surface area (Å²) in [5.41, 5.74) is 6.35. The van der Waals surface area contributed by atoms with Crippen molar-refractivity contribution in [3.8, 4) is 0 Å². The number of aromatic amines is 1. The fourth-order valence-electron chi connectivity index (χ4n) is 1.86. The van der Waals surface area contributed by atoms with Crippen LogP contribution in [-0.4, -0.2) is 46.5 Å². The highest BCUT2D eigenvalue weighted by molar-refractivity contribution is 5.81. The minimum Gasteiger partial charge on any atom is -0.399 e. The number of nitrogens with zero attached hydrogens (tertiary/aromatic N) is 2. The standard InChI is InChI=1S/C12H16N4O3/c13-8-1-2-10-9(7-8)11(19)15-12(14-10)16(3-5-17)4-6-18/h1-2,7,17-18H,3-6,13H2,(H,14,15,19). The van der Waals surface area contributed by atoms with Crippen molar-refractivity contribution in [2.24, 2.45) is 0 Å². The molecule has 1 heterocycles. The molecule has 2 rings (SSSR count). The Morgan fingerprint density at radius 3 is 2.58 bits per heavy atom. The Morgan fingerprint density at radius 1 is 1.26 bits per heavy atom. The minimum atomic E-state index is -0.298. The van der Waals surface area contributed by atoms with E-state index in [0.717, 1.165) is 0 Å². The number of nitrogen functional groups attached to an aromatic ring is 1. The van der Waals surface area contributed by atoms with E-state index < -0.39 is 0 Å². The number of anilines is 2. The molecule has 7 nitrogen and oxygen atoms in total. The maximum atomic E-state index is 12.0. The van der Waals surface area contributed by atoms with Crippen LogP contribution in [0.5, 0.6) is 0 Å². The Bertz CT molecular complexity index is 620. The van der Waals surface area contributed by atoms with Gasteiger partial charge in [-0.3, -0.25) is 9.78 Å². The summed E-state index contributed by atoms with van der Waals surface area (Å²) >= 11 is 0. The van der Waals surface area contributed by atoms with Crippen LogP contribution in [-0.2, 0) is 0 Å². The number of hydrogen-bond acceptors (Lipinski definition) is 6. The van der Waals surface area contributed by atoms with Gasteiger partial charge in [0.15, 0.2) is 0 Å². The van der Waals surface area contributed by atoms with Crippen molar-refractivity contribution in [2.45, 2.75) is 0 Å². The van der Waals surface area contributed by atoms with Crippen LogP contribution < -0.4 is 16.2 Å². The second-order valence-electron chi connectivity index (χ2n) is 4.10. The largest absolute Gasteiger partial charge is 0.399 e. The first-order chi connectivity index (χ1) is 9.15. The maximum absolute atomic E-state index is 12.0. The molecular weight excluding hydrogens is 248 g/mol. The van der Waals surface area contributed by atoms with Gasteiger partial charge in [0.2, 0.25) is 5.95 Å². The molecule has 0 radical (unpaired) electrons. The zero-order valence-corrected chi connectivity index (χ0v) is 10.3. The molecule has 0 saturated carbocycles. The molecule has 0 atom stereocenters. The lowest BCUT2D eigenvalue weighted by Gasteiger charge is -2.21. The first kappa shape index (κ1) is 13.3. The van der Waals surface area contributed by atoms with Crippen molar-refractivity contribution in [2.75, 3.05) is 36.9 Å². The van der Waals surface area contributed by atoms with Crippen molar-refractivity contribution in [1.29, 1.82) is 0 Å². The number of fused-ring (bicyclic) bond motifs is 1. The second-order valence-corrected chi connectivity index (χ2v) is 4.10. The summed E-state index contributed by atoms with van der Waals surface area (Å²) in [5, 5.41) is 18.4. The Labute approximate surface area is 109 Å². The molecule has 102 valence electrons. The maximum Gasteiger partial charge on any atom is 0.260 e. The molecule has 19 heavy (non-hydrogen) atoms. The van der Waals surface area contributed by atoms with Crippen LogP contribution in [0.2, 0.25) is 0 Å². The molecule has 0 saturated heterocycles. The van der Waals surface area contributed by atoms with E-state index in [1.165, 1.54) is 0 Å². The fourth-order valence-corrected chi connectivity index (χ4v) is 1.86. The lowest BCUT2D eigenvalue weighted by Crippen LogP contribution is -2.32. The van der Waals surface area contributed by atoms with Gasteiger partial charge in [0.25, 0.3) is 5.56 Å². The number of aromatic nitrogens is 2. The highest BCUT2D eigenvalue weighted by Gasteiger charge is 2.10. The Balaban J connectivity index is 2.50. The van der Waals surface area contributed by atoms with E-state index in [-0.39, 0.29) is 31.9 Å². The van der Waals surface area contributed by atoms with Gasteiger partial charge in [-0.15, -0.1) is 0 Å². The van der Waals surface area contributed by atoms with Gasteiger partial charge in [0, 0.05) is 18.8 Å². The van der Waals surface area contributed by atoms with Crippen LogP contribution >= 0.6 is 0 Å². The topological polar surface area (TPSA) is 115 Å². The first-order valence-corrected chi connectivity index (χ1v) is 5.92. The lowest BCUT2D eigenvalue weighted by atomic mass is 10.2. The van der Waals surface area contributed by atoms with Gasteiger partial charge in [-0.1, -0.05) is 0 Å². The molecule has 1 aromatic heterocycles. The number of rotatable bonds is 5. The average molecular weight is 264 g/mol. The third-order valence-electron chi connectivity index (χ3n) is 2.76. The highest BCUT2D eigenvalue weighted by Crippen LogP contribution is 2.14. The molecular formula is C12H16N4O3. The van der Waals surface area contributed by atoms with Crippen molar-refractivity contribution in [3.63, 3.8) is 0 Å². The number of nitrogens with two attached hydrogens (primary N) is 1. The van der Waals surface area contributed by atoms with Crippen LogP contribution in [0.25, 0.3) is 10.9 Å². The van der Waals surface area contributed by atoms with Crippen LogP contribution in [0.15, 0.2) is 23.0 Å². The van der Waals surface area contributed by atoms with Crippen LogP contribution in [0.1, 0.15) is 0 Å². The van der Waals surface area contributed by atoms with Gasteiger partial charge in [0.1, 0.15) is 0 Å². The molecule has 5 N–H and O–H groups in total. The lowest BCUT2D eigenvalue weighted by molar-refractivity contribution is 0.280. The van der Waals surface area contributed by atoms with E-state index in [1.54, 1.807) is 23.1 Å². The predicted molar refractivity (Wildman–Crippen MR) is 73.2 cm³/mol. The third kappa shape index (κ3) is 2.83. The van der Waals surface area contributed by atoms with Gasteiger partial charge in [-0.05, 0) is 18.2 Å². The molecule has 0 bridgehead atoms. The summed E-state index contributed by atoms with van der Waals surface area (Å²) in [5.74, 6) is 0.324. The van der Waals surface area contributed by atoms with E-state index in [2.05, 4.69) is 9.97 Å². The Kier molecular flexibility index (Phi) is 3.98. The quantitative estimate of drug-likeness (QED) is 0.531. The van der Waals surface area contributed by atoms with Gasteiger partial charge >= 0.3 is 0 Å². The summed E-state index contributed by atoms with van der Waals surface area (Å²) in [6.45, 7) is 0.376. The monoisotopic (exact) mass is 264 g/mol. The number of aliphatic hydroxyl groups excluding tert-OH is 2. The van der Waals surface area contributed by atoms with Crippen LogP contribution in [0.4, 0.5) is 11.6 Å². The van der Waals surface area contributed by atoms with Crippen molar-refractivity contribution in [3.05, 3.63) is 28.6 Å². The summed E-state index contributed by atoms with van der Waals surface area (Å²) in [4.78, 5) is 20.5. The molecule has 0 aliphatic rings. The van der Waals surface area contributed by atoms with E-state index in [4.69, 9.17) is 15.9 Å². The van der Waals surface area contributed by atoms with Crippen LogP contribution in [0.3, 0.4) is 0 Å². The summed E-state index contributed by atoms with van der Waals surface area (Å²) in [7, 11) is 0. The van der Waals surface area contributed by atoms with E-state index >= 15 is 0 Å². The molecule has 1 aromatic carbocycles. The number of H-pyrrole nitrogens is 1. The fraction of sp³-hybridized carbons (Fsp3) is 0.333. The van der Waals surface area contributed by atoms with E-state index in [0.29, 0.717) is 22.5 Å². The predicted octanol–water partition coefficient (Wildman–Crippen LogP) is -0.704. The molecule has 0 spiro atoms. The smallest absolute Gasteiger partial charge is 0.260 e. The van der Waals surface area contributed by atoms with Gasteiger partial charge in [0.05, 0.1) is 24.1 Å². The summed E-state index contributed by atoms with van der Waals surface area (Å²) in [6.07, 6.45) is 0. The van der Waals surface area contributed by atoms with Crippen molar-refractivity contribution >= 4 is 22.5 Å². The molecule has 0 aliphatic heterocycles. The third-order valence-corrected chi connectivity index (χ3v) is 2.76. The molecule has 0 aliphatic carbocycles. The average Bonchev–Trinajstić information content (AvgIpc) is 2.39. The Hall–Kier alpha value is -2.12. The number of nitrogens with one attached hydrogen (secondary N) is 1. The molecule has 0 amide bonds. The number of hydrogen-bond donors (Lipinski definition) is 4. The molecule has 0 unspecified atom stereocenters. The Morgan fingerprint density at radius 2 is 1.95 bits per heavy atom. The van der Waals surface area contributed by atoms with Gasteiger partial charge in [-0.2, -0.15) is 0 Å². The number of benzene rings is 1.